The number of para-hydroxylation sites is 1. The molecule has 0 unspecified atom stereocenters. The van der Waals surface area contributed by atoms with Gasteiger partial charge in [0, 0.05) is 41.1 Å². The van der Waals surface area contributed by atoms with Gasteiger partial charge in [-0.15, -0.1) is 0 Å². The summed E-state index contributed by atoms with van der Waals surface area (Å²) in [6.45, 7) is 3.39. The molecule has 0 aliphatic heterocycles. The van der Waals surface area contributed by atoms with Crippen LogP contribution in [0.3, 0.4) is 0 Å². The van der Waals surface area contributed by atoms with Gasteiger partial charge in [0.05, 0.1) is 0 Å². The number of benzene rings is 3. The molecule has 0 aliphatic rings. The van der Waals surface area contributed by atoms with Gasteiger partial charge in [-0.3, -0.25) is 0 Å². The highest BCUT2D eigenvalue weighted by Crippen LogP contribution is 2.29. The van der Waals surface area contributed by atoms with Gasteiger partial charge in [0.25, 0.3) is 0 Å². The molecule has 0 amide bonds. The lowest BCUT2D eigenvalue weighted by atomic mass is 10.1. The van der Waals surface area contributed by atoms with Gasteiger partial charge in [-0.25, -0.2) is 9.18 Å². The summed E-state index contributed by atoms with van der Waals surface area (Å²) in [4.78, 5) is 12.3. The molecule has 0 radical (unpaired) electrons. The summed E-state index contributed by atoms with van der Waals surface area (Å²) in [5, 5.41) is 14.6. The predicted octanol–water partition coefficient (Wildman–Crippen LogP) is 6.03. The third-order valence-corrected chi connectivity index (χ3v) is 6.04. The molecule has 0 spiro atoms. The summed E-state index contributed by atoms with van der Waals surface area (Å²) in [6.07, 6.45) is 0.993. The lowest BCUT2D eigenvalue weighted by Gasteiger charge is -2.11. The van der Waals surface area contributed by atoms with Crippen molar-refractivity contribution in [2.75, 3.05) is 0 Å². The standard InChI is InChI=1S/C26H24ClFN2O2/c1-2-17-7-9-18(10-8-17)14-29-15-22-21-5-3-4-6-24(21)30(25(22)26(31)32)16-19-11-12-20(28)13-23(19)27/h3-13,29H,2,14-16H2,1H3,(H,31,32). The first-order valence-electron chi connectivity index (χ1n) is 10.5. The number of hydrogen-bond donors (Lipinski definition) is 2. The second kappa shape index (κ2) is 9.55. The van der Waals surface area contributed by atoms with E-state index in [9.17, 15) is 14.3 Å². The quantitative estimate of drug-likeness (QED) is 0.344. The first-order valence-corrected chi connectivity index (χ1v) is 10.9. The first-order chi connectivity index (χ1) is 15.5. The highest BCUT2D eigenvalue weighted by molar-refractivity contribution is 6.31. The zero-order valence-electron chi connectivity index (χ0n) is 17.7. The van der Waals surface area contributed by atoms with Crippen LogP contribution in [0.25, 0.3) is 10.9 Å². The van der Waals surface area contributed by atoms with Gasteiger partial charge in [0.2, 0.25) is 0 Å². The molecule has 4 aromatic rings. The van der Waals surface area contributed by atoms with Crippen LogP contribution in [-0.2, 0) is 26.1 Å². The number of nitrogens with zero attached hydrogens (tertiary/aromatic N) is 1. The number of nitrogens with one attached hydrogen (secondary N) is 1. The van der Waals surface area contributed by atoms with E-state index in [1.165, 1.54) is 17.7 Å². The minimum atomic E-state index is -1.01. The smallest absolute Gasteiger partial charge is 0.352 e. The Labute approximate surface area is 191 Å². The molecule has 0 fully saturated rings. The van der Waals surface area contributed by atoms with E-state index in [0.717, 1.165) is 28.5 Å². The molecule has 32 heavy (non-hydrogen) atoms. The van der Waals surface area contributed by atoms with Crippen molar-refractivity contribution < 1.29 is 14.3 Å². The van der Waals surface area contributed by atoms with E-state index < -0.39 is 11.8 Å². The summed E-state index contributed by atoms with van der Waals surface area (Å²) < 4.78 is 15.2. The van der Waals surface area contributed by atoms with Gasteiger partial charge in [0.1, 0.15) is 11.5 Å². The normalized spacial score (nSPS) is 11.2. The van der Waals surface area contributed by atoms with Crippen LogP contribution in [-0.4, -0.2) is 15.6 Å². The molecule has 2 N–H and O–H groups in total. The molecular formula is C26H24ClFN2O2. The molecule has 0 saturated carbocycles. The number of aromatic nitrogens is 1. The predicted molar refractivity (Wildman–Crippen MR) is 126 cm³/mol. The lowest BCUT2D eigenvalue weighted by Crippen LogP contribution is -2.17. The number of carbonyl (C=O) groups is 1. The maximum atomic E-state index is 13.5. The van der Waals surface area contributed by atoms with Crippen LogP contribution < -0.4 is 5.32 Å². The average Bonchev–Trinajstić information content (AvgIpc) is 3.10. The fraction of sp³-hybridized carbons (Fsp3) is 0.192. The third-order valence-electron chi connectivity index (χ3n) is 5.68. The highest BCUT2D eigenvalue weighted by atomic mass is 35.5. The Hall–Kier alpha value is -3.15. The third kappa shape index (κ3) is 4.54. The number of carboxylic acid groups (broad SMARTS) is 1. The van der Waals surface area contributed by atoms with Crippen molar-refractivity contribution in [3.8, 4) is 0 Å². The molecule has 6 heteroatoms. The Bertz CT molecular complexity index is 1270. The van der Waals surface area contributed by atoms with Gasteiger partial charge >= 0.3 is 5.97 Å². The van der Waals surface area contributed by atoms with Crippen LogP contribution >= 0.6 is 11.6 Å². The maximum absolute atomic E-state index is 13.5. The van der Waals surface area contributed by atoms with Crippen LogP contribution in [0, 0.1) is 5.82 Å². The molecule has 4 nitrogen and oxygen atoms in total. The molecular weight excluding hydrogens is 427 g/mol. The number of carboxylic acids is 1. The van der Waals surface area contributed by atoms with Crippen LogP contribution in [0.1, 0.15) is 39.7 Å². The van der Waals surface area contributed by atoms with Crippen molar-refractivity contribution >= 4 is 28.5 Å². The van der Waals surface area contributed by atoms with Crippen molar-refractivity contribution in [3.05, 3.63) is 106 Å². The van der Waals surface area contributed by atoms with E-state index in [2.05, 4.69) is 36.5 Å². The van der Waals surface area contributed by atoms with Crippen LogP contribution in [0.5, 0.6) is 0 Å². The summed E-state index contributed by atoms with van der Waals surface area (Å²) in [7, 11) is 0. The highest BCUT2D eigenvalue weighted by Gasteiger charge is 2.22. The molecule has 3 aromatic carbocycles. The molecule has 0 aliphatic carbocycles. The molecule has 0 saturated heterocycles. The first kappa shape index (κ1) is 22.1. The van der Waals surface area contributed by atoms with Crippen LogP contribution in [0.4, 0.5) is 4.39 Å². The van der Waals surface area contributed by atoms with Crippen LogP contribution in [0.15, 0.2) is 66.7 Å². The van der Waals surface area contributed by atoms with Gasteiger partial charge in [-0.05, 0) is 41.3 Å². The number of aryl methyl sites for hydroxylation is 1. The molecule has 1 aromatic heterocycles. The molecule has 0 atom stereocenters. The summed E-state index contributed by atoms with van der Waals surface area (Å²) in [5.74, 6) is -1.44. The maximum Gasteiger partial charge on any atom is 0.352 e. The Morgan fingerprint density at radius 2 is 1.75 bits per heavy atom. The number of hydrogen-bond acceptors (Lipinski definition) is 2. The number of rotatable bonds is 8. The zero-order valence-corrected chi connectivity index (χ0v) is 18.5. The fourth-order valence-electron chi connectivity index (χ4n) is 4.01. The van der Waals surface area contributed by atoms with E-state index in [0.29, 0.717) is 18.7 Å². The SMILES string of the molecule is CCc1ccc(CNCc2c(C(=O)O)n(Cc3ccc(F)cc3Cl)c3ccccc23)cc1. The fourth-order valence-corrected chi connectivity index (χ4v) is 4.23. The Morgan fingerprint density at radius 1 is 1.03 bits per heavy atom. The monoisotopic (exact) mass is 450 g/mol. The van der Waals surface area contributed by atoms with Gasteiger partial charge in [0.15, 0.2) is 0 Å². The number of aromatic carboxylic acids is 1. The Kier molecular flexibility index (Phi) is 6.58. The minimum Gasteiger partial charge on any atom is -0.477 e. The van der Waals surface area contributed by atoms with E-state index in [1.807, 2.05) is 24.3 Å². The second-order valence-electron chi connectivity index (χ2n) is 7.74. The summed E-state index contributed by atoms with van der Waals surface area (Å²) >= 11 is 6.23. The van der Waals surface area contributed by atoms with Crippen molar-refractivity contribution in [1.82, 2.24) is 9.88 Å². The van der Waals surface area contributed by atoms with Gasteiger partial charge in [-0.1, -0.05) is 67.1 Å². The number of halogens is 2. The van der Waals surface area contributed by atoms with E-state index in [1.54, 1.807) is 10.6 Å². The second-order valence-corrected chi connectivity index (χ2v) is 8.15. The summed E-state index contributed by atoms with van der Waals surface area (Å²) in [5.41, 5.74) is 4.81. The van der Waals surface area contributed by atoms with E-state index >= 15 is 0 Å². The summed E-state index contributed by atoms with van der Waals surface area (Å²) in [6, 6.07) is 20.2. The Morgan fingerprint density at radius 3 is 2.44 bits per heavy atom. The van der Waals surface area contributed by atoms with Gasteiger partial charge < -0.3 is 15.0 Å². The van der Waals surface area contributed by atoms with Crippen molar-refractivity contribution in [2.24, 2.45) is 0 Å². The molecule has 1 heterocycles. The lowest BCUT2D eigenvalue weighted by molar-refractivity contribution is 0.0684. The van der Waals surface area contributed by atoms with Crippen LogP contribution in [0.2, 0.25) is 5.02 Å². The Balaban J connectivity index is 1.67. The van der Waals surface area contributed by atoms with E-state index in [4.69, 9.17) is 11.6 Å². The molecule has 164 valence electrons. The topological polar surface area (TPSA) is 54.3 Å². The molecule has 4 rings (SSSR count). The minimum absolute atomic E-state index is 0.209. The van der Waals surface area contributed by atoms with Gasteiger partial charge in [-0.2, -0.15) is 0 Å². The zero-order chi connectivity index (χ0) is 22.7. The van der Waals surface area contributed by atoms with Crippen molar-refractivity contribution in [1.29, 1.82) is 0 Å². The average molecular weight is 451 g/mol. The van der Waals surface area contributed by atoms with Crippen molar-refractivity contribution in [3.63, 3.8) is 0 Å². The largest absolute Gasteiger partial charge is 0.477 e. The van der Waals surface area contributed by atoms with E-state index in [-0.39, 0.29) is 17.3 Å². The molecule has 0 bridgehead atoms. The van der Waals surface area contributed by atoms with Crippen molar-refractivity contribution in [2.45, 2.75) is 33.0 Å². The number of fused-ring (bicyclic) bond motifs is 1.